The lowest BCUT2D eigenvalue weighted by atomic mass is 9.96. The number of ether oxygens (including phenoxy) is 1. The van der Waals surface area contributed by atoms with Crippen molar-refractivity contribution in [1.82, 2.24) is 4.72 Å². The summed E-state index contributed by atoms with van der Waals surface area (Å²) in [6.07, 6.45) is -0.409. The van der Waals surface area contributed by atoms with Crippen LogP contribution in [0.3, 0.4) is 0 Å². The molecular weight excluding hydrogens is 382 g/mol. The fourth-order valence-electron chi connectivity index (χ4n) is 3.38. The van der Waals surface area contributed by atoms with Crippen LogP contribution in [-0.4, -0.2) is 54.4 Å². The van der Waals surface area contributed by atoms with Gasteiger partial charge in [0.1, 0.15) is 18.2 Å². The number of aliphatic hydroxyl groups is 3. The first kappa shape index (κ1) is 23.3. The average Bonchev–Trinajstić information content (AvgIpc) is 2.65. The van der Waals surface area contributed by atoms with Crippen LogP contribution in [0.4, 0.5) is 0 Å². The van der Waals surface area contributed by atoms with Crippen LogP contribution in [0, 0.1) is 5.92 Å². The molecule has 1 aromatic carbocycles. The Morgan fingerprint density at radius 2 is 1.71 bits per heavy atom. The third-order valence-corrected chi connectivity index (χ3v) is 6.62. The summed E-state index contributed by atoms with van der Waals surface area (Å²) >= 11 is 0. The summed E-state index contributed by atoms with van der Waals surface area (Å²) in [6.45, 7) is 6.13. The van der Waals surface area contributed by atoms with Crippen LogP contribution in [0.5, 0.6) is 0 Å². The Balaban J connectivity index is 2.00. The second-order valence-electron chi connectivity index (χ2n) is 7.89. The van der Waals surface area contributed by atoms with Gasteiger partial charge in [-0.1, -0.05) is 45.7 Å². The van der Waals surface area contributed by atoms with Gasteiger partial charge in [0.05, 0.1) is 11.0 Å². The van der Waals surface area contributed by atoms with Gasteiger partial charge >= 0.3 is 0 Å². The second kappa shape index (κ2) is 10.1. The van der Waals surface area contributed by atoms with Crippen molar-refractivity contribution in [3.8, 4) is 0 Å². The van der Waals surface area contributed by atoms with E-state index < -0.39 is 40.7 Å². The molecule has 0 amide bonds. The summed E-state index contributed by atoms with van der Waals surface area (Å²) in [5.74, 6) is 0.680. The van der Waals surface area contributed by atoms with Gasteiger partial charge in [0.2, 0.25) is 10.0 Å². The van der Waals surface area contributed by atoms with E-state index in [-0.39, 0.29) is 4.90 Å². The van der Waals surface area contributed by atoms with Crippen LogP contribution in [0.1, 0.15) is 52.0 Å². The number of hydrogen-bond acceptors (Lipinski definition) is 6. The largest absolute Gasteiger partial charge is 0.388 e. The van der Waals surface area contributed by atoms with Gasteiger partial charge in [0.15, 0.2) is 6.29 Å². The van der Waals surface area contributed by atoms with Crippen molar-refractivity contribution in [3.05, 3.63) is 29.8 Å². The zero-order chi connectivity index (χ0) is 20.9. The fourth-order valence-corrected chi connectivity index (χ4v) is 4.62. The van der Waals surface area contributed by atoms with Crippen LogP contribution >= 0.6 is 0 Å². The van der Waals surface area contributed by atoms with E-state index in [1.54, 1.807) is 19.1 Å². The molecule has 0 aromatic heterocycles. The highest BCUT2D eigenvalue weighted by atomic mass is 32.2. The van der Waals surface area contributed by atoms with Gasteiger partial charge in [-0.05, 0) is 42.9 Å². The molecule has 0 spiro atoms. The molecule has 0 aliphatic carbocycles. The molecule has 5 unspecified atom stereocenters. The number of hydrogen-bond donors (Lipinski definition) is 4. The van der Waals surface area contributed by atoms with Gasteiger partial charge in [-0.25, -0.2) is 13.1 Å². The zero-order valence-electron chi connectivity index (χ0n) is 16.8. The topological polar surface area (TPSA) is 116 Å². The van der Waals surface area contributed by atoms with Crippen LogP contribution in [-0.2, 0) is 21.2 Å². The highest BCUT2D eigenvalue weighted by molar-refractivity contribution is 7.89. The van der Waals surface area contributed by atoms with Gasteiger partial charge in [-0.15, -0.1) is 0 Å². The first-order chi connectivity index (χ1) is 13.2. The molecule has 4 N–H and O–H groups in total. The van der Waals surface area contributed by atoms with E-state index in [1.165, 1.54) is 18.6 Å². The van der Waals surface area contributed by atoms with E-state index in [1.807, 2.05) is 0 Å². The summed E-state index contributed by atoms with van der Waals surface area (Å²) in [5.41, 5.74) is 1.06. The Hall–Kier alpha value is -1.03. The normalized spacial score (nSPS) is 28.6. The third kappa shape index (κ3) is 5.98. The number of aliphatic hydroxyl groups excluding tert-OH is 3. The number of nitrogens with one attached hydrogen (secondary N) is 1. The number of sulfonamides is 1. The monoisotopic (exact) mass is 415 g/mol. The molecule has 160 valence electrons. The molecular formula is C20H33NO6S. The molecule has 8 heteroatoms. The molecule has 28 heavy (non-hydrogen) atoms. The smallest absolute Gasteiger partial charge is 0.241 e. The van der Waals surface area contributed by atoms with Crippen molar-refractivity contribution in [2.75, 3.05) is 0 Å². The Kier molecular flexibility index (Phi) is 8.42. The van der Waals surface area contributed by atoms with Crippen LogP contribution in [0.15, 0.2) is 29.2 Å². The first-order valence-corrected chi connectivity index (χ1v) is 11.4. The summed E-state index contributed by atoms with van der Waals surface area (Å²) in [7, 11) is -3.99. The van der Waals surface area contributed by atoms with Gasteiger partial charge in [0, 0.05) is 0 Å². The van der Waals surface area contributed by atoms with Crippen LogP contribution in [0.2, 0.25) is 0 Å². The van der Waals surface area contributed by atoms with Crippen LogP contribution < -0.4 is 4.72 Å². The summed E-state index contributed by atoms with van der Waals surface area (Å²) in [5, 5.41) is 30.3. The lowest BCUT2D eigenvalue weighted by molar-refractivity contribution is -0.244. The summed E-state index contributed by atoms with van der Waals surface area (Å²) in [4.78, 5) is 0.0323. The van der Waals surface area contributed by atoms with E-state index in [2.05, 4.69) is 18.6 Å². The maximum Gasteiger partial charge on any atom is 0.241 e. The number of aryl methyl sites for hydroxylation is 1. The van der Waals surface area contributed by atoms with E-state index in [9.17, 15) is 23.7 Å². The lowest BCUT2D eigenvalue weighted by Crippen LogP contribution is -2.63. The lowest BCUT2D eigenvalue weighted by Gasteiger charge is -2.40. The molecule has 0 saturated carbocycles. The van der Waals surface area contributed by atoms with E-state index >= 15 is 0 Å². The van der Waals surface area contributed by atoms with E-state index in [0.29, 0.717) is 12.3 Å². The molecule has 1 aliphatic rings. The van der Waals surface area contributed by atoms with Gasteiger partial charge in [-0.2, -0.15) is 0 Å². The molecule has 1 heterocycles. The number of unbranched alkanes of at least 4 members (excludes halogenated alkanes) is 1. The molecule has 1 fully saturated rings. The molecule has 0 bridgehead atoms. The Bertz CT molecular complexity index is 706. The van der Waals surface area contributed by atoms with Crippen molar-refractivity contribution in [1.29, 1.82) is 0 Å². The Morgan fingerprint density at radius 3 is 2.29 bits per heavy atom. The quantitative estimate of drug-likeness (QED) is 0.455. The number of benzene rings is 1. The highest BCUT2D eigenvalue weighted by Crippen LogP contribution is 2.23. The molecule has 7 nitrogen and oxygen atoms in total. The van der Waals surface area contributed by atoms with Crippen molar-refractivity contribution in [3.63, 3.8) is 0 Å². The SMILES string of the molecule is CCC1OC(O)C(NS(=O)(=O)c2ccc(CCCCC(C)C)cc2)C(O)C1O. The maximum atomic E-state index is 12.6. The molecule has 5 atom stereocenters. The zero-order valence-corrected chi connectivity index (χ0v) is 17.6. The molecule has 2 rings (SSSR count). The van der Waals surface area contributed by atoms with Crippen molar-refractivity contribution in [2.24, 2.45) is 5.92 Å². The van der Waals surface area contributed by atoms with Gasteiger partial charge in [-0.3, -0.25) is 0 Å². The first-order valence-electron chi connectivity index (χ1n) is 9.96. The Morgan fingerprint density at radius 1 is 1.07 bits per heavy atom. The van der Waals surface area contributed by atoms with E-state index in [0.717, 1.165) is 24.8 Å². The highest BCUT2D eigenvalue weighted by Gasteiger charge is 2.44. The molecule has 1 saturated heterocycles. The fraction of sp³-hybridized carbons (Fsp3) is 0.700. The third-order valence-electron chi connectivity index (χ3n) is 5.14. The van der Waals surface area contributed by atoms with Crippen molar-refractivity contribution >= 4 is 10.0 Å². The standard InChI is InChI=1S/C20H33NO6S/c1-4-16-18(22)19(23)17(20(24)27-16)21-28(25,26)15-11-9-14(10-12-15)8-6-5-7-13(2)3/h9-13,16-24H,4-8H2,1-3H3. The van der Waals surface area contributed by atoms with Gasteiger partial charge < -0.3 is 20.1 Å². The average molecular weight is 416 g/mol. The van der Waals surface area contributed by atoms with Crippen molar-refractivity contribution < 1.29 is 28.5 Å². The number of rotatable bonds is 9. The second-order valence-corrected chi connectivity index (χ2v) is 9.60. The molecule has 1 aliphatic heterocycles. The summed E-state index contributed by atoms with van der Waals surface area (Å²) in [6, 6.07) is 5.21. The summed E-state index contributed by atoms with van der Waals surface area (Å²) < 4.78 is 32.7. The minimum atomic E-state index is -3.99. The predicted octanol–water partition coefficient (Wildman–Crippen LogP) is 1.55. The molecule has 1 aromatic rings. The maximum absolute atomic E-state index is 12.6. The minimum absolute atomic E-state index is 0.0323. The minimum Gasteiger partial charge on any atom is -0.388 e. The van der Waals surface area contributed by atoms with Gasteiger partial charge in [0.25, 0.3) is 0 Å². The van der Waals surface area contributed by atoms with Crippen molar-refractivity contribution in [2.45, 2.75) is 88.4 Å². The van der Waals surface area contributed by atoms with E-state index in [4.69, 9.17) is 4.74 Å². The van der Waals surface area contributed by atoms with Crippen LogP contribution in [0.25, 0.3) is 0 Å². The predicted molar refractivity (Wildman–Crippen MR) is 106 cm³/mol. The molecule has 0 radical (unpaired) electrons. The Labute approximate surface area is 167 Å².